The third kappa shape index (κ3) is 5.83. The van der Waals surface area contributed by atoms with Crippen LogP contribution < -0.4 is 4.74 Å². The summed E-state index contributed by atoms with van der Waals surface area (Å²) in [7, 11) is 2.96. The average molecular weight is 483 g/mol. The number of benzene rings is 2. The van der Waals surface area contributed by atoms with Crippen molar-refractivity contribution < 1.29 is 28.6 Å². The number of ether oxygens (including phenoxy) is 3. The topological polar surface area (TPSA) is 77.5 Å². The number of methoxy groups -OCH3 is 2. The minimum atomic E-state index is -0.685. The van der Waals surface area contributed by atoms with Crippen LogP contribution in [0.15, 0.2) is 54.6 Å². The Balaban J connectivity index is 1.39. The van der Waals surface area contributed by atoms with Crippen LogP contribution >= 0.6 is 0 Å². The van der Waals surface area contributed by atoms with Crippen LogP contribution in [0.2, 0.25) is 0 Å². The van der Waals surface area contributed by atoms with Gasteiger partial charge in [-0.2, -0.15) is 0 Å². The third-order valence-electron chi connectivity index (χ3n) is 6.93. The second-order valence-corrected chi connectivity index (χ2v) is 9.10. The number of likely N-dealkylation sites (tertiary alicyclic amines) is 1. The first-order valence-corrected chi connectivity index (χ1v) is 12.1. The van der Waals surface area contributed by atoms with Crippen molar-refractivity contribution in [1.29, 1.82) is 0 Å². The van der Waals surface area contributed by atoms with Crippen molar-refractivity contribution in [2.75, 3.05) is 40.5 Å². The van der Waals surface area contributed by atoms with Crippen LogP contribution in [0.5, 0.6) is 5.75 Å². The van der Waals surface area contributed by atoms with E-state index < -0.39 is 11.5 Å². The number of hydrogen-bond donors (Lipinski definition) is 0. The average Bonchev–Trinajstić information content (AvgIpc) is 3.15. The predicted molar refractivity (Wildman–Crippen MR) is 129 cm³/mol. The molecular weight excluding hydrogens is 448 g/mol. The highest BCUT2D eigenvalue weighted by atomic mass is 16.7. The van der Waals surface area contributed by atoms with Gasteiger partial charge in [0.15, 0.2) is 0 Å². The fraction of sp³-hybridized carbons (Fsp3) is 0.481. The predicted octanol–water partition coefficient (Wildman–Crippen LogP) is 3.20. The minimum absolute atomic E-state index is 0.112. The van der Waals surface area contributed by atoms with Gasteiger partial charge < -0.3 is 14.2 Å². The number of nitrogens with zero attached hydrogens (tertiary/aromatic N) is 2. The van der Waals surface area contributed by atoms with Gasteiger partial charge in [0.1, 0.15) is 12.4 Å². The van der Waals surface area contributed by atoms with Gasteiger partial charge >= 0.3 is 5.97 Å². The van der Waals surface area contributed by atoms with E-state index in [2.05, 4.69) is 17.0 Å². The van der Waals surface area contributed by atoms with E-state index in [-0.39, 0.29) is 24.9 Å². The molecule has 2 aliphatic rings. The van der Waals surface area contributed by atoms with Crippen LogP contribution in [0.25, 0.3) is 0 Å². The number of piperidine rings is 1. The molecule has 1 atom stereocenters. The van der Waals surface area contributed by atoms with Gasteiger partial charge in [0.05, 0.1) is 31.8 Å². The van der Waals surface area contributed by atoms with Crippen molar-refractivity contribution >= 4 is 11.9 Å². The Bertz CT molecular complexity index is 990. The van der Waals surface area contributed by atoms with E-state index in [0.717, 1.165) is 36.5 Å². The first-order valence-electron chi connectivity index (χ1n) is 12.1. The highest BCUT2D eigenvalue weighted by Gasteiger charge is 2.58. The summed E-state index contributed by atoms with van der Waals surface area (Å²) in [5.41, 5.74) is 1.60. The van der Waals surface area contributed by atoms with Crippen molar-refractivity contribution in [3.8, 4) is 5.75 Å². The van der Waals surface area contributed by atoms with Gasteiger partial charge in [-0.15, -0.1) is 0 Å². The van der Waals surface area contributed by atoms with E-state index in [9.17, 15) is 9.59 Å². The standard InChI is InChI=1S/C27H34N2O6/c1-32-15-16-35-29-25(30)18-24(26(31)33-2)27(29)11-13-28(14-12-27)19-22-9-6-10-23(17-22)34-20-21-7-4-3-5-8-21/h3-10,17,24H,11-16,18-20H2,1-2H3. The molecular formula is C27H34N2O6. The number of hydroxylamine groups is 2. The molecule has 1 unspecified atom stereocenters. The van der Waals surface area contributed by atoms with E-state index in [1.807, 2.05) is 42.5 Å². The summed E-state index contributed by atoms with van der Waals surface area (Å²) >= 11 is 0. The van der Waals surface area contributed by atoms with Crippen molar-refractivity contribution in [2.24, 2.45) is 5.92 Å². The largest absolute Gasteiger partial charge is 0.489 e. The molecule has 0 aromatic heterocycles. The molecule has 8 heteroatoms. The summed E-state index contributed by atoms with van der Waals surface area (Å²) in [5, 5.41) is 1.45. The Labute approximate surface area is 206 Å². The van der Waals surface area contributed by atoms with Crippen LogP contribution in [0.3, 0.4) is 0 Å². The Morgan fingerprint density at radius 2 is 1.74 bits per heavy atom. The Morgan fingerprint density at radius 3 is 2.46 bits per heavy atom. The first-order chi connectivity index (χ1) is 17.1. The van der Waals surface area contributed by atoms with E-state index in [0.29, 0.717) is 26.1 Å². The lowest BCUT2D eigenvalue weighted by molar-refractivity contribution is -0.227. The van der Waals surface area contributed by atoms with Crippen molar-refractivity contribution in [1.82, 2.24) is 9.96 Å². The molecule has 0 bridgehead atoms. The monoisotopic (exact) mass is 482 g/mol. The maximum atomic E-state index is 12.8. The number of esters is 1. The molecule has 0 aliphatic carbocycles. The van der Waals surface area contributed by atoms with Crippen LogP contribution in [0, 0.1) is 5.92 Å². The molecule has 0 saturated carbocycles. The van der Waals surface area contributed by atoms with E-state index in [4.69, 9.17) is 19.0 Å². The van der Waals surface area contributed by atoms with Gasteiger partial charge in [-0.25, -0.2) is 5.06 Å². The smallest absolute Gasteiger partial charge is 0.311 e. The van der Waals surface area contributed by atoms with E-state index in [1.54, 1.807) is 7.11 Å². The number of amides is 1. The van der Waals surface area contributed by atoms with Gasteiger partial charge in [0.2, 0.25) is 5.91 Å². The molecule has 1 amide bonds. The molecule has 8 nitrogen and oxygen atoms in total. The molecule has 0 N–H and O–H groups in total. The molecule has 2 aromatic rings. The molecule has 2 aliphatic heterocycles. The fourth-order valence-electron chi connectivity index (χ4n) is 5.08. The van der Waals surface area contributed by atoms with Crippen LogP contribution in [-0.4, -0.2) is 67.9 Å². The number of hydrogen-bond acceptors (Lipinski definition) is 7. The molecule has 2 fully saturated rings. The number of carbonyl (C=O) groups is 2. The Morgan fingerprint density at radius 1 is 1.00 bits per heavy atom. The zero-order chi connectivity index (χ0) is 24.7. The lowest BCUT2D eigenvalue weighted by atomic mass is 9.77. The van der Waals surface area contributed by atoms with Crippen molar-refractivity contribution in [3.63, 3.8) is 0 Å². The number of rotatable bonds is 10. The van der Waals surface area contributed by atoms with Crippen LogP contribution in [0.4, 0.5) is 0 Å². The Kier molecular flexibility index (Phi) is 8.38. The molecule has 2 heterocycles. The second kappa shape index (κ2) is 11.7. The molecule has 4 rings (SSSR count). The van der Waals surface area contributed by atoms with Crippen molar-refractivity contribution in [3.05, 3.63) is 65.7 Å². The highest BCUT2D eigenvalue weighted by Crippen LogP contribution is 2.44. The maximum Gasteiger partial charge on any atom is 0.311 e. The summed E-state index contributed by atoms with van der Waals surface area (Å²) in [6.07, 6.45) is 1.38. The lowest BCUT2D eigenvalue weighted by Crippen LogP contribution is -2.57. The quantitative estimate of drug-likeness (QED) is 0.380. The SMILES string of the molecule is COCCON1C(=O)CC(C(=O)OC)C12CCN(Cc1cccc(OCc3ccccc3)c1)CC2. The summed E-state index contributed by atoms with van der Waals surface area (Å²) in [6.45, 7) is 3.40. The summed E-state index contributed by atoms with van der Waals surface area (Å²) in [5.74, 6) is -0.217. The fourth-order valence-corrected chi connectivity index (χ4v) is 5.08. The molecule has 2 aromatic carbocycles. The molecule has 0 radical (unpaired) electrons. The minimum Gasteiger partial charge on any atom is -0.489 e. The van der Waals surface area contributed by atoms with Gasteiger partial charge in [0.25, 0.3) is 0 Å². The lowest BCUT2D eigenvalue weighted by Gasteiger charge is -2.45. The summed E-state index contributed by atoms with van der Waals surface area (Å²) < 4.78 is 16.1. The highest BCUT2D eigenvalue weighted by molar-refractivity contribution is 5.88. The van der Waals surface area contributed by atoms with Crippen LogP contribution in [-0.2, 0) is 37.1 Å². The molecule has 1 spiro atoms. The van der Waals surface area contributed by atoms with Crippen LogP contribution in [0.1, 0.15) is 30.4 Å². The summed E-state index contributed by atoms with van der Waals surface area (Å²) in [6, 6.07) is 18.2. The van der Waals surface area contributed by atoms with Gasteiger partial charge in [0, 0.05) is 33.2 Å². The number of carbonyl (C=O) groups excluding carboxylic acids is 2. The third-order valence-corrected chi connectivity index (χ3v) is 6.93. The molecule has 188 valence electrons. The maximum absolute atomic E-state index is 12.8. The second-order valence-electron chi connectivity index (χ2n) is 9.10. The zero-order valence-electron chi connectivity index (χ0n) is 20.5. The first kappa shape index (κ1) is 25.2. The van der Waals surface area contributed by atoms with E-state index >= 15 is 0 Å². The van der Waals surface area contributed by atoms with Gasteiger partial charge in [-0.1, -0.05) is 42.5 Å². The summed E-state index contributed by atoms with van der Waals surface area (Å²) in [4.78, 5) is 33.5. The zero-order valence-corrected chi connectivity index (χ0v) is 20.5. The molecule has 2 saturated heterocycles. The Hall–Kier alpha value is -2.94. The van der Waals surface area contributed by atoms with Gasteiger partial charge in [-0.3, -0.25) is 19.3 Å². The van der Waals surface area contributed by atoms with E-state index in [1.165, 1.54) is 12.2 Å². The normalized spacial score (nSPS) is 19.8. The van der Waals surface area contributed by atoms with Gasteiger partial charge in [-0.05, 0) is 36.1 Å². The molecule has 35 heavy (non-hydrogen) atoms. The van der Waals surface area contributed by atoms with Crippen molar-refractivity contribution in [2.45, 2.75) is 38.0 Å².